The van der Waals surface area contributed by atoms with Gasteiger partial charge in [-0.3, -0.25) is 0 Å². The van der Waals surface area contributed by atoms with E-state index in [1.807, 2.05) is 10.8 Å². The summed E-state index contributed by atoms with van der Waals surface area (Å²) < 4.78 is 2.00. The monoisotopic (exact) mass is 215 g/mol. The van der Waals surface area contributed by atoms with E-state index in [1.54, 1.807) is 12.5 Å². The van der Waals surface area contributed by atoms with E-state index >= 15 is 0 Å². The molecule has 3 nitrogen and oxygen atoms in total. The summed E-state index contributed by atoms with van der Waals surface area (Å²) >= 11 is 0. The van der Waals surface area contributed by atoms with Crippen LogP contribution in [0.5, 0.6) is 0 Å². The van der Waals surface area contributed by atoms with Crippen molar-refractivity contribution in [2.75, 3.05) is 0 Å². The molecule has 0 aliphatic carbocycles. The molecule has 0 aliphatic heterocycles. The van der Waals surface area contributed by atoms with Gasteiger partial charge in [-0.25, -0.2) is 4.98 Å². The topological polar surface area (TPSA) is 43.8 Å². The first-order chi connectivity index (χ1) is 7.79. The van der Waals surface area contributed by atoms with Crippen LogP contribution in [0.3, 0.4) is 0 Å². The van der Waals surface area contributed by atoms with Crippen LogP contribution in [0, 0.1) is 0 Å². The summed E-state index contributed by atoms with van der Waals surface area (Å²) in [4.78, 5) is 4.04. The molecule has 1 atom stereocenters. The van der Waals surface area contributed by atoms with Crippen molar-refractivity contribution in [2.24, 2.45) is 5.73 Å². The SMILES string of the molecule is CCC(N)Cc1cccc(-n2ccnc2)c1. The van der Waals surface area contributed by atoms with Gasteiger partial charge in [0.15, 0.2) is 0 Å². The van der Waals surface area contributed by atoms with Crippen molar-refractivity contribution < 1.29 is 0 Å². The third-order valence-electron chi connectivity index (χ3n) is 2.74. The molecule has 84 valence electrons. The Morgan fingerprint density at radius 3 is 3.00 bits per heavy atom. The van der Waals surface area contributed by atoms with Crippen molar-refractivity contribution in [3.05, 3.63) is 48.5 Å². The van der Waals surface area contributed by atoms with Crippen molar-refractivity contribution in [3.8, 4) is 5.69 Å². The third kappa shape index (κ3) is 2.49. The van der Waals surface area contributed by atoms with Crippen molar-refractivity contribution in [3.63, 3.8) is 0 Å². The second-order valence-electron chi connectivity index (χ2n) is 4.01. The Labute approximate surface area is 95.9 Å². The van der Waals surface area contributed by atoms with Gasteiger partial charge in [0, 0.05) is 24.1 Å². The fourth-order valence-corrected chi connectivity index (χ4v) is 1.70. The Hall–Kier alpha value is -1.61. The van der Waals surface area contributed by atoms with E-state index in [2.05, 4.69) is 36.2 Å². The van der Waals surface area contributed by atoms with E-state index in [0.717, 1.165) is 18.5 Å². The number of hydrogen-bond donors (Lipinski definition) is 1. The smallest absolute Gasteiger partial charge is 0.0991 e. The Morgan fingerprint density at radius 1 is 1.44 bits per heavy atom. The van der Waals surface area contributed by atoms with Crippen LogP contribution in [0.25, 0.3) is 5.69 Å². The van der Waals surface area contributed by atoms with E-state index < -0.39 is 0 Å². The highest BCUT2D eigenvalue weighted by atomic mass is 15.0. The fraction of sp³-hybridized carbons (Fsp3) is 0.308. The molecule has 1 aromatic heterocycles. The lowest BCUT2D eigenvalue weighted by atomic mass is 10.0. The summed E-state index contributed by atoms with van der Waals surface area (Å²) in [5.41, 5.74) is 8.37. The van der Waals surface area contributed by atoms with Crippen molar-refractivity contribution >= 4 is 0 Å². The molecular weight excluding hydrogens is 198 g/mol. The molecule has 1 aromatic carbocycles. The van der Waals surface area contributed by atoms with Gasteiger partial charge in [0.05, 0.1) is 6.33 Å². The standard InChI is InChI=1S/C13H17N3/c1-2-12(14)8-11-4-3-5-13(9-11)16-7-6-15-10-16/h3-7,9-10,12H,2,8,14H2,1H3. The molecule has 0 amide bonds. The first-order valence-electron chi connectivity index (χ1n) is 5.62. The van der Waals surface area contributed by atoms with Gasteiger partial charge in [0.2, 0.25) is 0 Å². The molecule has 0 fully saturated rings. The quantitative estimate of drug-likeness (QED) is 0.849. The Morgan fingerprint density at radius 2 is 2.31 bits per heavy atom. The van der Waals surface area contributed by atoms with Gasteiger partial charge >= 0.3 is 0 Å². The molecule has 0 spiro atoms. The van der Waals surface area contributed by atoms with E-state index in [9.17, 15) is 0 Å². The second-order valence-corrected chi connectivity index (χ2v) is 4.01. The Balaban J connectivity index is 2.20. The zero-order valence-electron chi connectivity index (χ0n) is 9.50. The Kier molecular flexibility index (Phi) is 3.37. The molecule has 2 N–H and O–H groups in total. The average molecular weight is 215 g/mol. The van der Waals surface area contributed by atoms with Gasteiger partial charge in [-0.1, -0.05) is 19.1 Å². The predicted octanol–water partition coefficient (Wildman–Crippen LogP) is 2.15. The highest BCUT2D eigenvalue weighted by Crippen LogP contribution is 2.12. The van der Waals surface area contributed by atoms with Gasteiger partial charge < -0.3 is 10.3 Å². The number of nitrogens with two attached hydrogens (primary N) is 1. The number of aromatic nitrogens is 2. The lowest BCUT2D eigenvalue weighted by Gasteiger charge is -2.10. The summed E-state index contributed by atoms with van der Waals surface area (Å²) in [6, 6.07) is 8.67. The van der Waals surface area contributed by atoms with Crippen molar-refractivity contribution in [1.82, 2.24) is 9.55 Å². The molecule has 2 rings (SSSR count). The van der Waals surface area contributed by atoms with Crippen LogP contribution >= 0.6 is 0 Å². The lowest BCUT2D eigenvalue weighted by Crippen LogP contribution is -2.21. The van der Waals surface area contributed by atoms with Crippen LogP contribution in [0.2, 0.25) is 0 Å². The number of hydrogen-bond acceptors (Lipinski definition) is 2. The molecule has 0 aliphatic rings. The van der Waals surface area contributed by atoms with Crippen LogP contribution in [0.1, 0.15) is 18.9 Å². The van der Waals surface area contributed by atoms with Crippen LogP contribution in [-0.2, 0) is 6.42 Å². The average Bonchev–Trinajstić information content (AvgIpc) is 2.83. The van der Waals surface area contributed by atoms with Crippen LogP contribution in [-0.4, -0.2) is 15.6 Å². The first kappa shape index (κ1) is 10.9. The molecule has 1 unspecified atom stereocenters. The molecule has 16 heavy (non-hydrogen) atoms. The summed E-state index contributed by atoms with van der Waals surface area (Å²) in [5.74, 6) is 0. The predicted molar refractivity (Wildman–Crippen MR) is 65.5 cm³/mol. The molecule has 0 saturated carbocycles. The van der Waals surface area contributed by atoms with Crippen LogP contribution in [0.4, 0.5) is 0 Å². The van der Waals surface area contributed by atoms with E-state index in [1.165, 1.54) is 5.56 Å². The summed E-state index contributed by atoms with van der Waals surface area (Å²) in [7, 11) is 0. The minimum absolute atomic E-state index is 0.248. The second kappa shape index (κ2) is 4.94. The minimum Gasteiger partial charge on any atom is -0.327 e. The first-order valence-corrected chi connectivity index (χ1v) is 5.62. The summed E-state index contributed by atoms with van der Waals surface area (Å²) in [6.45, 7) is 2.12. The molecule has 3 heteroatoms. The van der Waals surface area contributed by atoms with Crippen LogP contribution < -0.4 is 5.73 Å². The van der Waals surface area contributed by atoms with Gasteiger partial charge in [0.1, 0.15) is 0 Å². The highest BCUT2D eigenvalue weighted by molar-refractivity contribution is 5.36. The molecule has 1 heterocycles. The maximum absolute atomic E-state index is 5.95. The van der Waals surface area contributed by atoms with Gasteiger partial charge in [0.25, 0.3) is 0 Å². The molecule has 0 bridgehead atoms. The maximum Gasteiger partial charge on any atom is 0.0991 e. The van der Waals surface area contributed by atoms with E-state index in [0.29, 0.717) is 0 Å². The number of benzene rings is 1. The summed E-state index contributed by atoms with van der Waals surface area (Å²) in [6.07, 6.45) is 7.47. The van der Waals surface area contributed by atoms with Crippen LogP contribution in [0.15, 0.2) is 43.0 Å². The number of nitrogens with zero attached hydrogens (tertiary/aromatic N) is 2. The zero-order valence-corrected chi connectivity index (χ0v) is 9.50. The van der Waals surface area contributed by atoms with Gasteiger partial charge in [-0.15, -0.1) is 0 Å². The Bertz CT molecular complexity index is 434. The molecule has 2 aromatic rings. The minimum atomic E-state index is 0.248. The van der Waals surface area contributed by atoms with Crippen molar-refractivity contribution in [2.45, 2.75) is 25.8 Å². The zero-order chi connectivity index (χ0) is 11.4. The van der Waals surface area contributed by atoms with E-state index in [-0.39, 0.29) is 6.04 Å². The third-order valence-corrected chi connectivity index (χ3v) is 2.74. The van der Waals surface area contributed by atoms with Gasteiger partial charge in [-0.2, -0.15) is 0 Å². The van der Waals surface area contributed by atoms with E-state index in [4.69, 9.17) is 5.73 Å². The largest absolute Gasteiger partial charge is 0.327 e. The maximum atomic E-state index is 5.95. The molecular formula is C13H17N3. The molecule has 0 saturated heterocycles. The highest BCUT2D eigenvalue weighted by Gasteiger charge is 2.02. The fourth-order valence-electron chi connectivity index (χ4n) is 1.70. The summed E-state index contributed by atoms with van der Waals surface area (Å²) in [5, 5.41) is 0. The lowest BCUT2D eigenvalue weighted by molar-refractivity contribution is 0.646. The number of rotatable bonds is 4. The number of imidazole rings is 1. The van der Waals surface area contributed by atoms with Gasteiger partial charge in [-0.05, 0) is 30.5 Å². The normalized spacial score (nSPS) is 12.6. The molecule has 0 radical (unpaired) electrons. The van der Waals surface area contributed by atoms with Crippen molar-refractivity contribution in [1.29, 1.82) is 0 Å².